The van der Waals surface area contributed by atoms with Gasteiger partial charge in [0.15, 0.2) is 0 Å². The summed E-state index contributed by atoms with van der Waals surface area (Å²) in [6.45, 7) is 4.53. The van der Waals surface area contributed by atoms with Crippen molar-refractivity contribution in [1.29, 1.82) is 0 Å². The van der Waals surface area contributed by atoms with Gasteiger partial charge in [0.1, 0.15) is 0 Å². The van der Waals surface area contributed by atoms with Crippen molar-refractivity contribution < 1.29 is 50.9 Å². The van der Waals surface area contributed by atoms with Gasteiger partial charge >= 0.3 is 24.3 Å². The molecule has 0 bridgehead atoms. The van der Waals surface area contributed by atoms with Crippen molar-refractivity contribution in [3.8, 4) is 0 Å². The summed E-state index contributed by atoms with van der Waals surface area (Å²) in [7, 11) is 3.76. The van der Waals surface area contributed by atoms with Crippen LogP contribution >= 0.6 is 11.3 Å². The number of thiophene rings is 1. The Hall–Kier alpha value is -3.47. The minimum Gasteiger partial charge on any atom is -0.475 e. The van der Waals surface area contributed by atoms with Crippen molar-refractivity contribution in [2.75, 3.05) is 45.2 Å². The molecule has 4 rings (SSSR count). The van der Waals surface area contributed by atoms with Crippen LogP contribution in [0.5, 0.6) is 0 Å². The minimum absolute atomic E-state index is 0.254. The average Bonchev–Trinajstić information content (AvgIpc) is 3.48. The number of carbonyl (C=O) groups is 3. The number of alkyl halides is 6. The highest BCUT2D eigenvalue weighted by Crippen LogP contribution is 2.44. The molecule has 0 aliphatic carbocycles. The van der Waals surface area contributed by atoms with Crippen LogP contribution < -0.4 is 4.90 Å². The second-order valence-corrected chi connectivity index (χ2v) is 10.5. The molecule has 2 aliphatic heterocycles. The van der Waals surface area contributed by atoms with Crippen LogP contribution in [0.3, 0.4) is 0 Å². The van der Waals surface area contributed by atoms with Gasteiger partial charge < -0.3 is 20.0 Å². The molecule has 0 radical (unpaired) electrons. The largest absolute Gasteiger partial charge is 0.490 e. The number of amides is 1. The van der Waals surface area contributed by atoms with Crippen LogP contribution in [0.4, 0.5) is 32.3 Å². The second-order valence-electron chi connectivity index (χ2n) is 9.51. The van der Waals surface area contributed by atoms with Gasteiger partial charge in [-0.3, -0.25) is 9.69 Å². The first-order chi connectivity index (χ1) is 19.0. The lowest BCUT2D eigenvalue weighted by Gasteiger charge is -2.34. The zero-order valence-corrected chi connectivity index (χ0v) is 22.8. The fourth-order valence-electron chi connectivity index (χ4n) is 4.68. The van der Waals surface area contributed by atoms with Crippen LogP contribution in [-0.2, 0) is 20.9 Å². The summed E-state index contributed by atoms with van der Waals surface area (Å²) in [5.74, 6) is -4.23. The predicted octanol–water partition coefficient (Wildman–Crippen LogP) is 3.61. The highest BCUT2D eigenvalue weighted by molar-refractivity contribution is 7.09. The average molecular weight is 614 g/mol. The lowest BCUT2D eigenvalue weighted by Crippen LogP contribution is -2.47. The predicted molar refractivity (Wildman–Crippen MR) is 135 cm³/mol. The number of anilines is 1. The van der Waals surface area contributed by atoms with Gasteiger partial charge in [-0.05, 0) is 36.9 Å². The van der Waals surface area contributed by atoms with Gasteiger partial charge in [-0.15, -0.1) is 11.3 Å². The molecule has 41 heavy (non-hydrogen) atoms. The third-order valence-electron chi connectivity index (χ3n) is 6.38. The summed E-state index contributed by atoms with van der Waals surface area (Å²) >= 11 is 1.81. The fraction of sp³-hybridized carbons (Fsp3) is 0.542. The van der Waals surface area contributed by atoms with Crippen molar-refractivity contribution >= 4 is 35.1 Å². The summed E-state index contributed by atoms with van der Waals surface area (Å²) in [5, 5.41) is 16.4. The summed E-state index contributed by atoms with van der Waals surface area (Å²) in [5.41, 5.74) is -0.340. The third-order valence-corrected chi connectivity index (χ3v) is 7.24. The smallest absolute Gasteiger partial charge is 0.475 e. The van der Waals surface area contributed by atoms with E-state index in [9.17, 15) is 31.1 Å². The fourth-order valence-corrected chi connectivity index (χ4v) is 5.43. The second kappa shape index (κ2) is 13.9. The van der Waals surface area contributed by atoms with E-state index >= 15 is 0 Å². The third kappa shape index (κ3) is 9.55. The molecule has 2 atom stereocenters. The van der Waals surface area contributed by atoms with Crippen LogP contribution in [0.25, 0.3) is 0 Å². The Balaban J connectivity index is 0.000000349. The van der Waals surface area contributed by atoms with Crippen LogP contribution in [0, 0.1) is 11.3 Å². The highest BCUT2D eigenvalue weighted by atomic mass is 32.1. The molecule has 2 aromatic rings. The molecule has 1 amide bonds. The van der Waals surface area contributed by atoms with Gasteiger partial charge in [0.05, 0.1) is 5.41 Å². The van der Waals surface area contributed by atoms with Crippen LogP contribution in [0.2, 0.25) is 0 Å². The van der Waals surface area contributed by atoms with E-state index < -0.39 is 24.3 Å². The lowest BCUT2D eigenvalue weighted by atomic mass is 9.74. The van der Waals surface area contributed by atoms with E-state index in [0.717, 1.165) is 45.0 Å². The minimum atomic E-state index is -5.08. The molecule has 10 nitrogen and oxygen atoms in total. The van der Waals surface area contributed by atoms with Gasteiger partial charge in [0.25, 0.3) is 0 Å². The molecule has 17 heteroatoms. The number of carbonyl (C=O) groups excluding carboxylic acids is 1. The molecular weight excluding hydrogens is 584 g/mol. The van der Waals surface area contributed by atoms with Gasteiger partial charge in [-0.1, -0.05) is 6.07 Å². The Kier molecular flexibility index (Phi) is 11.5. The van der Waals surface area contributed by atoms with Gasteiger partial charge in [-0.25, -0.2) is 19.6 Å². The summed E-state index contributed by atoms with van der Waals surface area (Å²) in [6.07, 6.45) is -4.63. The molecule has 0 saturated carbocycles. The molecule has 2 saturated heterocycles. The van der Waals surface area contributed by atoms with Crippen LogP contribution in [0.15, 0.2) is 36.0 Å². The Labute approximate surface area is 235 Å². The maximum atomic E-state index is 13.3. The molecule has 2 aliphatic rings. The van der Waals surface area contributed by atoms with Crippen molar-refractivity contribution in [3.05, 3.63) is 40.8 Å². The number of hydrogen-bond acceptors (Lipinski definition) is 8. The molecule has 2 aromatic heterocycles. The number of rotatable bonds is 4. The van der Waals surface area contributed by atoms with E-state index in [1.807, 2.05) is 31.5 Å². The Morgan fingerprint density at radius 3 is 2.05 bits per heavy atom. The van der Waals surface area contributed by atoms with Crippen LogP contribution in [-0.4, -0.2) is 100 Å². The molecule has 228 valence electrons. The van der Waals surface area contributed by atoms with Gasteiger partial charge in [-0.2, -0.15) is 26.3 Å². The number of nitrogens with zero attached hydrogens (tertiary/aromatic N) is 5. The van der Waals surface area contributed by atoms with Crippen molar-refractivity contribution in [2.24, 2.45) is 11.3 Å². The Morgan fingerprint density at radius 2 is 1.59 bits per heavy atom. The topological polar surface area (TPSA) is 127 Å². The number of halogens is 6. The number of aromatic nitrogens is 2. The maximum absolute atomic E-state index is 13.3. The molecule has 4 heterocycles. The summed E-state index contributed by atoms with van der Waals surface area (Å²) in [6, 6.07) is 6.15. The zero-order valence-electron chi connectivity index (χ0n) is 22.0. The number of aliphatic carboxylic acids is 2. The van der Waals surface area contributed by atoms with E-state index in [-0.39, 0.29) is 11.3 Å². The number of likely N-dealkylation sites (tertiary alicyclic amines) is 1. The van der Waals surface area contributed by atoms with Crippen molar-refractivity contribution in [3.63, 3.8) is 0 Å². The van der Waals surface area contributed by atoms with Crippen molar-refractivity contribution in [1.82, 2.24) is 19.8 Å². The van der Waals surface area contributed by atoms with Crippen LogP contribution in [0.1, 0.15) is 17.7 Å². The van der Waals surface area contributed by atoms with E-state index in [2.05, 4.69) is 37.3 Å². The standard InChI is InChI=1S/C20H27N5OS.2C2HF3O2/c1-23(2)18(26)20-7-4-10-24(14-17-6-3-11-27-17)12-16(20)13-25(15-20)19-21-8-5-9-22-19;2*3-2(4,5)1(6)7/h3,5-6,8-9,11,16H,4,7,10,12-15H2,1-2H3;2*(H,6,7)/t16-,20-;;/m0../s1. The van der Waals surface area contributed by atoms with Gasteiger partial charge in [0, 0.05) is 63.5 Å². The Bertz CT molecular complexity index is 1130. The first-order valence-electron chi connectivity index (χ1n) is 12.1. The van der Waals surface area contributed by atoms with E-state index in [1.165, 1.54) is 4.88 Å². The summed E-state index contributed by atoms with van der Waals surface area (Å²) < 4.78 is 63.5. The first-order valence-corrected chi connectivity index (χ1v) is 12.9. The Morgan fingerprint density at radius 1 is 1.02 bits per heavy atom. The van der Waals surface area contributed by atoms with Crippen molar-refractivity contribution in [2.45, 2.75) is 31.7 Å². The van der Waals surface area contributed by atoms with E-state index in [0.29, 0.717) is 12.5 Å². The molecule has 0 unspecified atom stereocenters. The normalized spacial score (nSPS) is 20.9. The number of hydrogen-bond donors (Lipinski definition) is 2. The molecule has 0 aromatic carbocycles. The quantitative estimate of drug-likeness (QED) is 0.498. The van der Waals surface area contributed by atoms with E-state index in [1.54, 1.807) is 17.3 Å². The number of carboxylic acid groups (broad SMARTS) is 2. The van der Waals surface area contributed by atoms with E-state index in [4.69, 9.17) is 19.8 Å². The molecule has 0 spiro atoms. The number of carboxylic acids is 2. The number of fused-ring (bicyclic) bond motifs is 1. The molecular formula is C24H29F6N5O5S. The summed E-state index contributed by atoms with van der Waals surface area (Å²) in [4.78, 5) is 47.9. The lowest BCUT2D eigenvalue weighted by molar-refractivity contribution is -0.193. The SMILES string of the molecule is CN(C)C(=O)[C@]12CCCN(Cc3cccs3)C[C@H]1CN(c1ncccn1)C2.O=C(O)C(F)(F)F.O=C(O)C(F)(F)F. The maximum Gasteiger partial charge on any atom is 0.490 e. The zero-order chi connectivity index (χ0) is 31.0. The molecule has 2 fully saturated rings. The highest BCUT2D eigenvalue weighted by Gasteiger charge is 2.54. The monoisotopic (exact) mass is 613 g/mol. The first kappa shape index (κ1) is 33.7. The molecule has 2 N–H and O–H groups in total. The van der Waals surface area contributed by atoms with Gasteiger partial charge in [0.2, 0.25) is 11.9 Å².